The summed E-state index contributed by atoms with van der Waals surface area (Å²) in [6, 6.07) is -0.886. The summed E-state index contributed by atoms with van der Waals surface area (Å²) in [4.78, 5) is 22.4. The van der Waals surface area contributed by atoms with E-state index in [0.717, 1.165) is 0 Å². The number of nitrogens with zero attached hydrogens (tertiary/aromatic N) is 2. The Morgan fingerprint density at radius 2 is 2.21 bits per heavy atom. The standard InChI is InChI=1S/C12H16ClN3O3/c1-4-9(12(18)19)14-10(17)6-5-8-7(2)15-16(3)11(8)13/h5-6,9H,4H2,1-3H3,(H,14,17)(H,18,19)/b6-5+/t9-/m0/s1. The lowest BCUT2D eigenvalue weighted by Gasteiger charge is -2.09. The number of aromatic nitrogens is 2. The Morgan fingerprint density at radius 3 is 2.63 bits per heavy atom. The smallest absolute Gasteiger partial charge is 0.326 e. The van der Waals surface area contributed by atoms with Crippen molar-refractivity contribution in [2.24, 2.45) is 7.05 Å². The fourth-order valence-electron chi connectivity index (χ4n) is 1.55. The number of carboxylic acids is 1. The van der Waals surface area contributed by atoms with Gasteiger partial charge in [0.2, 0.25) is 5.91 Å². The molecular formula is C12H16ClN3O3. The van der Waals surface area contributed by atoms with Gasteiger partial charge in [-0.2, -0.15) is 5.10 Å². The van der Waals surface area contributed by atoms with Crippen molar-refractivity contribution >= 4 is 29.6 Å². The molecule has 19 heavy (non-hydrogen) atoms. The number of hydrogen-bond donors (Lipinski definition) is 2. The predicted molar refractivity (Wildman–Crippen MR) is 71.8 cm³/mol. The normalized spacial score (nSPS) is 12.6. The number of rotatable bonds is 5. The molecule has 0 aliphatic heterocycles. The van der Waals surface area contributed by atoms with Gasteiger partial charge in [0.05, 0.1) is 5.69 Å². The van der Waals surface area contributed by atoms with E-state index in [1.54, 1.807) is 20.9 Å². The van der Waals surface area contributed by atoms with Gasteiger partial charge < -0.3 is 10.4 Å². The highest BCUT2D eigenvalue weighted by Gasteiger charge is 2.16. The molecule has 0 saturated heterocycles. The Kier molecular flexibility index (Phi) is 5.11. The molecule has 1 amide bonds. The lowest BCUT2D eigenvalue weighted by Crippen LogP contribution is -2.39. The van der Waals surface area contributed by atoms with Crippen molar-refractivity contribution in [3.63, 3.8) is 0 Å². The minimum atomic E-state index is -1.06. The quantitative estimate of drug-likeness (QED) is 0.801. The molecule has 0 aliphatic rings. The van der Waals surface area contributed by atoms with Gasteiger partial charge in [-0.1, -0.05) is 18.5 Å². The zero-order valence-corrected chi connectivity index (χ0v) is 11.7. The van der Waals surface area contributed by atoms with E-state index in [1.165, 1.54) is 16.8 Å². The summed E-state index contributed by atoms with van der Waals surface area (Å²) in [6.45, 7) is 3.46. The van der Waals surface area contributed by atoms with Crippen molar-refractivity contribution in [1.82, 2.24) is 15.1 Å². The van der Waals surface area contributed by atoms with Gasteiger partial charge in [-0.05, 0) is 19.4 Å². The Balaban J connectivity index is 2.76. The van der Waals surface area contributed by atoms with Gasteiger partial charge in [0.25, 0.3) is 0 Å². The largest absolute Gasteiger partial charge is 0.480 e. The molecule has 0 aliphatic carbocycles. The van der Waals surface area contributed by atoms with Crippen molar-refractivity contribution < 1.29 is 14.7 Å². The summed E-state index contributed by atoms with van der Waals surface area (Å²) in [7, 11) is 1.70. The Labute approximate surface area is 116 Å². The molecule has 7 heteroatoms. The van der Waals surface area contributed by atoms with Crippen molar-refractivity contribution in [2.75, 3.05) is 0 Å². The first-order chi connectivity index (χ1) is 8.86. The monoisotopic (exact) mass is 285 g/mol. The molecule has 0 unspecified atom stereocenters. The summed E-state index contributed by atoms with van der Waals surface area (Å²) in [6.07, 6.45) is 3.09. The number of aliphatic carboxylic acids is 1. The minimum Gasteiger partial charge on any atom is -0.480 e. The number of carbonyl (C=O) groups is 2. The van der Waals surface area contributed by atoms with Crippen LogP contribution in [-0.2, 0) is 16.6 Å². The number of carbonyl (C=O) groups excluding carboxylic acids is 1. The average Bonchev–Trinajstić information content (AvgIpc) is 2.58. The van der Waals surface area contributed by atoms with E-state index in [2.05, 4.69) is 10.4 Å². The van der Waals surface area contributed by atoms with E-state index in [1.807, 2.05) is 0 Å². The SMILES string of the molecule is CC[C@H](NC(=O)/C=C/c1c(C)nn(C)c1Cl)C(=O)O. The van der Waals surface area contributed by atoms with Gasteiger partial charge in [0.15, 0.2) is 0 Å². The number of nitrogens with one attached hydrogen (secondary N) is 1. The van der Waals surface area contributed by atoms with Crippen LogP contribution in [-0.4, -0.2) is 32.8 Å². The maximum Gasteiger partial charge on any atom is 0.326 e. The van der Waals surface area contributed by atoms with E-state index < -0.39 is 17.9 Å². The first kappa shape index (κ1) is 15.2. The van der Waals surface area contributed by atoms with Crippen LogP contribution in [0.3, 0.4) is 0 Å². The van der Waals surface area contributed by atoms with Gasteiger partial charge >= 0.3 is 5.97 Å². The third-order valence-corrected chi connectivity index (χ3v) is 3.07. The molecule has 1 rings (SSSR count). The van der Waals surface area contributed by atoms with Gasteiger partial charge in [0.1, 0.15) is 11.2 Å². The van der Waals surface area contributed by atoms with Crippen LogP contribution in [0.4, 0.5) is 0 Å². The molecule has 2 N–H and O–H groups in total. The second-order valence-corrected chi connectivity index (χ2v) is 4.41. The lowest BCUT2D eigenvalue weighted by molar-refractivity contribution is -0.141. The van der Waals surface area contributed by atoms with Crippen LogP contribution in [0.15, 0.2) is 6.08 Å². The maximum atomic E-state index is 11.6. The number of hydrogen-bond acceptors (Lipinski definition) is 3. The van der Waals surface area contributed by atoms with Crippen molar-refractivity contribution in [3.8, 4) is 0 Å². The second kappa shape index (κ2) is 6.38. The van der Waals surface area contributed by atoms with Crippen LogP contribution < -0.4 is 5.32 Å². The average molecular weight is 286 g/mol. The summed E-state index contributed by atoms with van der Waals surface area (Å²) in [5.74, 6) is -1.53. The molecule has 0 bridgehead atoms. The second-order valence-electron chi connectivity index (χ2n) is 4.05. The highest BCUT2D eigenvalue weighted by molar-refractivity contribution is 6.31. The maximum absolute atomic E-state index is 11.6. The molecule has 1 atom stereocenters. The van der Waals surface area contributed by atoms with Gasteiger partial charge in [-0.3, -0.25) is 9.48 Å². The number of aryl methyl sites for hydroxylation is 2. The lowest BCUT2D eigenvalue weighted by atomic mass is 10.2. The van der Waals surface area contributed by atoms with E-state index in [-0.39, 0.29) is 0 Å². The van der Waals surface area contributed by atoms with Gasteiger partial charge in [-0.15, -0.1) is 0 Å². The van der Waals surface area contributed by atoms with Gasteiger partial charge in [-0.25, -0.2) is 4.79 Å². The summed E-state index contributed by atoms with van der Waals surface area (Å²) < 4.78 is 1.50. The fourth-order valence-corrected chi connectivity index (χ4v) is 1.79. The van der Waals surface area contributed by atoms with Crippen LogP contribution in [0.2, 0.25) is 5.15 Å². The molecule has 1 aromatic rings. The molecule has 1 heterocycles. The molecule has 0 spiro atoms. The summed E-state index contributed by atoms with van der Waals surface area (Å²) in [5.41, 5.74) is 1.34. The number of halogens is 1. The zero-order chi connectivity index (χ0) is 14.6. The Morgan fingerprint density at radius 1 is 1.58 bits per heavy atom. The highest BCUT2D eigenvalue weighted by atomic mass is 35.5. The summed E-state index contributed by atoms with van der Waals surface area (Å²) >= 11 is 6.00. The van der Waals surface area contributed by atoms with E-state index in [9.17, 15) is 9.59 Å². The zero-order valence-electron chi connectivity index (χ0n) is 11.0. The van der Waals surface area contributed by atoms with E-state index in [4.69, 9.17) is 16.7 Å². The van der Waals surface area contributed by atoms with Crippen molar-refractivity contribution in [2.45, 2.75) is 26.3 Å². The molecule has 0 radical (unpaired) electrons. The number of carboxylic acid groups (broad SMARTS) is 1. The van der Waals surface area contributed by atoms with Crippen molar-refractivity contribution in [3.05, 3.63) is 22.5 Å². The molecular weight excluding hydrogens is 270 g/mol. The minimum absolute atomic E-state index is 0.321. The molecule has 0 saturated carbocycles. The number of amides is 1. The van der Waals surface area contributed by atoms with E-state index in [0.29, 0.717) is 22.8 Å². The highest BCUT2D eigenvalue weighted by Crippen LogP contribution is 2.19. The Hall–Kier alpha value is -1.82. The first-order valence-corrected chi connectivity index (χ1v) is 6.15. The first-order valence-electron chi connectivity index (χ1n) is 5.77. The third kappa shape index (κ3) is 3.82. The molecule has 1 aromatic heterocycles. The van der Waals surface area contributed by atoms with Gasteiger partial charge in [0, 0.05) is 18.7 Å². The van der Waals surface area contributed by atoms with Crippen LogP contribution in [0.1, 0.15) is 24.6 Å². The van der Waals surface area contributed by atoms with Crippen LogP contribution in [0, 0.1) is 6.92 Å². The fraction of sp³-hybridized carbons (Fsp3) is 0.417. The molecule has 0 fully saturated rings. The topological polar surface area (TPSA) is 84.2 Å². The van der Waals surface area contributed by atoms with Crippen molar-refractivity contribution in [1.29, 1.82) is 0 Å². The van der Waals surface area contributed by atoms with Crippen LogP contribution >= 0.6 is 11.6 Å². The third-order valence-electron chi connectivity index (χ3n) is 2.62. The Bertz CT molecular complexity index is 523. The van der Waals surface area contributed by atoms with Crippen LogP contribution in [0.25, 0.3) is 6.08 Å². The molecule has 0 aromatic carbocycles. The molecule has 104 valence electrons. The summed E-state index contributed by atoms with van der Waals surface area (Å²) in [5, 5.41) is 15.7. The van der Waals surface area contributed by atoms with Crippen LogP contribution in [0.5, 0.6) is 0 Å². The molecule has 6 nitrogen and oxygen atoms in total. The van der Waals surface area contributed by atoms with E-state index >= 15 is 0 Å². The predicted octanol–water partition coefficient (Wildman–Crippen LogP) is 1.37.